The molecule has 0 aliphatic carbocycles. The maximum absolute atomic E-state index is 9.15. The molecule has 0 saturated heterocycles. The van der Waals surface area contributed by atoms with Crippen LogP contribution in [0.1, 0.15) is 0 Å². The van der Waals surface area contributed by atoms with Crippen LogP contribution in [0.3, 0.4) is 0 Å². The molecule has 1 aromatic carbocycles. The number of benzene rings is 1. The van der Waals surface area contributed by atoms with E-state index in [1.165, 1.54) is 4.57 Å². The summed E-state index contributed by atoms with van der Waals surface area (Å²) in [4.78, 5) is 3.98. The minimum atomic E-state index is 0.118. The maximum Gasteiger partial charge on any atom is 0.203 e. The van der Waals surface area contributed by atoms with Gasteiger partial charge in [-0.2, -0.15) is 4.98 Å². The Morgan fingerprint density at radius 1 is 1.32 bits per heavy atom. The van der Waals surface area contributed by atoms with Crippen LogP contribution in [0.5, 0.6) is 0 Å². The second-order valence-corrected chi connectivity index (χ2v) is 4.68. The van der Waals surface area contributed by atoms with Gasteiger partial charge in [-0.15, -0.1) is 0 Å². The predicted octanol–water partition coefficient (Wildman–Crippen LogP) is 1.85. The number of hydrogen-bond acceptors (Lipinski definition) is 5. The average Bonchev–Trinajstić information content (AvgIpc) is 2.34. The summed E-state index contributed by atoms with van der Waals surface area (Å²) in [7, 11) is 1.60. The highest BCUT2D eigenvalue weighted by Crippen LogP contribution is 2.31. The molecule has 0 aliphatic rings. The summed E-state index contributed by atoms with van der Waals surface area (Å²) in [6, 6.07) is 4.89. The van der Waals surface area contributed by atoms with E-state index in [1.54, 1.807) is 25.2 Å². The molecular formula is C11H11Cl2N5O. The minimum absolute atomic E-state index is 0.118. The molecule has 5 N–H and O–H groups in total. The summed E-state index contributed by atoms with van der Waals surface area (Å²) in [5.74, 6) is 0.242. The SMILES string of the molecule is Cn1c(N)nc(N)c(-c2ccc(Cl)cc2Cl)c1=NO. The quantitative estimate of drug-likeness (QED) is 0.552. The van der Waals surface area contributed by atoms with Gasteiger partial charge in [0.15, 0.2) is 5.49 Å². The molecule has 19 heavy (non-hydrogen) atoms. The molecule has 1 aromatic heterocycles. The molecule has 0 unspecified atom stereocenters. The van der Waals surface area contributed by atoms with Gasteiger partial charge in [-0.25, -0.2) is 0 Å². The Morgan fingerprint density at radius 3 is 2.58 bits per heavy atom. The Morgan fingerprint density at radius 2 is 2.00 bits per heavy atom. The predicted molar refractivity (Wildman–Crippen MR) is 74.8 cm³/mol. The summed E-state index contributed by atoms with van der Waals surface area (Å²) < 4.78 is 1.40. The van der Waals surface area contributed by atoms with Crippen LogP contribution in [0.2, 0.25) is 10.0 Å². The molecule has 0 amide bonds. The van der Waals surface area contributed by atoms with Gasteiger partial charge in [-0.05, 0) is 12.1 Å². The van der Waals surface area contributed by atoms with Crippen molar-refractivity contribution in [3.8, 4) is 11.1 Å². The minimum Gasteiger partial charge on any atom is -0.409 e. The van der Waals surface area contributed by atoms with E-state index in [2.05, 4.69) is 10.1 Å². The topological polar surface area (TPSA) is 102 Å². The first-order valence-electron chi connectivity index (χ1n) is 5.21. The zero-order valence-corrected chi connectivity index (χ0v) is 11.4. The van der Waals surface area contributed by atoms with Gasteiger partial charge >= 0.3 is 0 Å². The van der Waals surface area contributed by atoms with E-state index in [-0.39, 0.29) is 17.3 Å². The van der Waals surface area contributed by atoms with Gasteiger partial charge < -0.3 is 16.7 Å². The van der Waals surface area contributed by atoms with Crippen LogP contribution in [0.25, 0.3) is 11.1 Å². The molecule has 1 heterocycles. The monoisotopic (exact) mass is 299 g/mol. The molecular weight excluding hydrogens is 289 g/mol. The van der Waals surface area contributed by atoms with Crippen molar-refractivity contribution in [1.29, 1.82) is 0 Å². The van der Waals surface area contributed by atoms with Crippen molar-refractivity contribution in [2.75, 3.05) is 11.5 Å². The molecule has 2 rings (SSSR count). The van der Waals surface area contributed by atoms with Gasteiger partial charge in [0, 0.05) is 17.6 Å². The number of nitrogen functional groups attached to an aromatic ring is 2. The van der Waals surface area contributed by atoms with Crippen LogP contribution in [-0.4, -0.2) is 14.8 Å². The lowest BCUT2D eigenvalue weighted by Gasteiger charge is -2.12. The Bertz CT molecular complexity index is 711. The second-order valence-electron chi connectivity index (χ2n) is 3.84. The molecule has 6 nitrogen and oxygen atoms in total. The third-order valence-electron chi connectivity index (χ3n) is 2.67. The number of rotatable bonds is 1. The van der Waals surface area contributed by atoms with E-state index in [9.17, 15) is 0 Å². The molecule has 0 saturated carbocycles. The molecule has 8 heteroatoms. The summed E-state index contributed by atoms with van der Waals surface area (Å²) in [5, 5.41) is 13.2. The van der Waals surface area contributed by atoms with Crippen LogP contribution >= 0.6 is 23.2 Å². The molecule has 2 aromatic rings. The van der Waals surface area contributed by atoms with Gasteiger partial charge in [0.05, 0.1) is 10.6 Å². The number of nitrogens with two attached hydrogens (primary N) is 2. The number of hydrogen-bond donors (Lipinski definition) is 3. The second kappa shape index (κ2) is 4.99. The zero-order chi connectivity index (χ0) is 14.2. The van der Waals surface area contributed by atoms with Crippen molar-refractivity contribution in [2.24, 2.45) is 12.2 Å². The first-order valence-corrected chi connectivity index (χ1v) is 5.96. The van der Waals surface area contributed by atoms with Gasteiger partial charge in [0.25, 0.3) is 0 Å². The van der Waals surface area contributed by atoms with Crippen molar-refractivity contribution >= 4 is 35.0 Å². The van der Waals surface area contributed by atoms with E-state index < -0.39 is 0 Å². The molecule has 0 aliphatic heterocycles. The van der Waals surface area contributed by atoms with E-state index >= 15 is 0 Å². The van der Waals surface area contributed by atoms with Gasteiger partial charge in [-0.1, -0.05) is 34.4 Å². The van der Waals surface area contributed by atoms with Crippen molar-refractivity contribution in [3.05, 3.63) is 33.7 Å². The normalized spacial score (nSPS) is 11.8. The van der Waals surface area contributed by atoms with Crippen LogP contribution < -0.4 is 17.0 Å². The van der Waals surface area contributed by atoms with Crippen molar-refractivity contribution in [1.82, 2.24) is 9.55 Å². The molecule has 0 fully saturated rings. The summed E-state index contributed by atoms with van der Waals surface area (Å²) in [6.07, 6.45) is 0. The van der Waals surface area contributed by atoms with Gasteiger partial charge in [-0.3, -0.25) is 4.57 Å². The Balaban J connectivity index is 2.87. The number of halogens is 2. The highest BCUT2D eigenvalue weighted by atomic mass is 35.5. The van der Waals surface area contributed by atoms with E-state index in [0.717, 1.165) is 0 Å². The summed E-state index contributed by atoms with van der Waals surface area (Å²) >= 11 is 12.0. The maximum atomic E-state index is 9.15. The fraction of sp³-hybridized carbons (Fsp3) is 0.0909. The van der Waals surface area contributed by atoms with Crippen molar-refractivity contribution in [2.45, 2.75) is 0 Å². The smallest absolute Gasteiger partial charge is 0.203 e. The number of anilines is 2. The molecule has 0 spiro atoms. The fourth-order valence-electron chi connectivity index (χ4n) is 1.71. The van der Waals surface area contributed by atoms with Crippen LogP contribution in [0.4, 0.5) is 11.8 Å². The standard InChI is InChI=1S/C11H11Cl2N5O/c1-18-10(17-19)8(9(14)16-11(18)15)6-3-2-5(12)4-7(6)13/h2-4,19H,14H2,1H3,(H2,15,16). The number of aromatic nitrogens is 2. The Kier molecular flexibility index (Phi) is 3.55. The summed E-state index contributed by atoms with van der Waals surface area (Å²) in [6.45, 7) is 0. The first kappa shape index (κ1) is 13.5. The third kappa shape index (κ3) is 2.32. The highest BCUT2D eigenvalue weighted by molar-refractivity contribution is 6.36. The molecule has 0 bridgehead atoms. The van der Waals surface area contributed by atoms with E-state index in [1.807, 2.05) is 0 Å². The van der Waals surface area contributed by atoms with Crippen LogP contribution in [0.15, 0.2) is 23.4 Å². The lowest BCUT2D eigenvalue weighted by atomic mass is 10.1. The third-order valence-corrected chi connectivity index (χ3v) is 3.22. The van der Waals surface area contributed by atoms with Crippen LogP contribution in [0, 0.1) is 0 Å². The molecule has 0 radical (unpaired) electrons. The fourth-order valence-corrected chi connectivity index (χ4v) is 2.22. The lowest BCUT2D eigenvalue weighted by Crippen LogP contribution is -2.26. The van der Waals surface area contributed by atoms with Gasteiger partial charge in [0.2, 0.25) is 5.95 Å². The van der Waals surface area contributed by atoms with Gasteiger partial charge in [0.1, 0.15) is 5.82 Å². The first-order chi connectivity index (χ1) is 8.95. The number of nitrogens with zero attached hydrogens (tertiary/aromatic N) is 3. The van der Waals surface area contributed by atoms with Crippen molar-refractivity contribution < 1.29 is 5.21 Å². The molecule has 0 atom stereocenters. The van der Waals surface area contributed by atoms with E-state index in [4.69, 9.17) is 39.9 Å². The Hall–Kier alpha value is -1.92. The Labute approximate surface area is 118 Å². The summed E-state index contributed by atoms with van der Waals surface area (Å²) in [5.41, 5.74) is 12.6. The zero-order valence-electron chi connectivity index (χ0n) is 9.93. The lowest BCUT2D eigenvalue weighted by molar-refractivity contribution is 0.295. The molecule has 100 valence electrons. The largest absolute Gasteiger partial charge is 0.409 e. The van der Waals surface area contributed by atoms with Crippen molar-refractivity contribution in [3.63, 3.8) is 0 Å². The van der Waals surface area contributed by atoms with Crippen LogP contribution in [-0.2, 0) is 7.05 Å². The average molecular weight is 300 g/mol. The van der Waals surface area contributed by atoms with E-state index in [0.29, 0.717) is 21.2 Å². The highest BCUT2D eigenvalue weighted by Gasteiger charge is 2.15.